The van der Waals surface area contributed by atoms with Gasteiger partial charge in [-0.05, 0) is 19.1 Å². The van der Waals surface area contributed by atoms with Crippen molar-refractivity contribution in [2.24, 2.45) is 0 Å². The maximum absolute atomic E-state index is 11.5. The highest BCUT2D eigenvalue weighted by Crippen LogP contribution is 2.12. The van der Waals surface area contributed by atoms with Crippen molar-refractivity contribution in [3.05, 3.63) is 24.4 Å². The summed E-state index contributed by atoms with van der Waals surface area (Å²) in [6.45, 7) is 2.44. The summed E-state index contributed by atoms with van der Waals surface area (Å²) >= 11 is 1.42. The van der Waals surface area contributed by atoms with Crippen LogP contribution in [0.2, 0.25) is 0 Å². The molecule has 1 amide bonds. The van der Waals surface area contributed by atoms with Crippen molar-refractivity contribution in [3.63, 3.8) is 0 Å². The van der Waals surface area contributed by atoms with Gasteiger partial charge in [-0.15, -0.1) is 0 Å². The van der Waals surface area contributed by atoms with Gasteiger partial charge in [0.25, 0.3) is 0 Å². The summed E-state index contributed by atoms with van der Waals surface area (Å²) in [5.41, 5.74) is 0. The molecule has 4 nitrogen and oxygen atoms in total. The van der Waals surface area contributed by atoms with Crippen LogP contribution in [0.5, 0.6) is 0 Å². The molecule has 0 saturated heterocycles. The lowest BCUT2D eigenvalue weighted by Crippen LogP contribution is -2.36. The normalized spacial score (nSPS) is 12.1. The largest absolute Gasteiger partial charge is 0.383 e. The number of ether oxygens (including phenoxy) is 1. The first-order chi connectivity index (χ1) is 7.72. The van der Waals surface area contributed by atoms with Gasteiger partial charge in [-0.25, -0.2) is 4.98 Å². The number of nitrogens with zero attached hydrogens (tertiary/aromatic N) is 1. The Morgan fingerprint density at radius 2 is 2.44 bits per heavy atom. The van der Waals surface area contributed by atoms with Crippen LogP contribution in [0.4, 0.5) is 0 Å². The third kappa shape index (κ3) is 5.14. The van der Waals surface area contributed by atoms with Crippen molar-refractivity contribution in [1.82, 2.24) is 10.3 Å². The first-order valence-corrected chi connectivity index (χ1v) is 6.03. The summed E-state index contributed by atoms with van der Waals surface area (Å²) in [5, 5.41) is 3.70. The van der Waals surface area contributed by atoms with E-state index in [0.717, 1.165) is 5.03 Å². The lowest BCUT2D eigenvalue weighted by molar-refractivity contribution is -0.119. The molecule has 0 bridgehead atoms. The van der Waals surface area contributed by atoms with Crippen LogP contribution < -0.4 is 5.32 Å². The molecule has 0 unspecified atom stereocenters. The molecule has 1 atom stereocenters. The molecule has 0 radical (unpaired) electrons. The summed E-state index contributed by atoms with van der Waals surface area (Å²) in [7, 11) is 1.62. The quantitative estimate of drug-likeness (QED) is 0.762. The number of hydrogen-bond donors (Lipinski definition) is 1. The standard InChI is InChI=1S/C11H16N2O2S/c1-9(7-15-2)13-10(14)8-16-11-5-3-4-6-12-11/h3-6,9H,7-8H2,1-2H3,(H,13,14)/t9-/m0/s1. The predicted molar refractivity (Wildman–Crippen MR) is 64.4 cm³/mol. The van der Waals surface area contributed by atoms with Crippen LogP contribution in [0.3, 0.4) is 0 Å². The average molecular weight is 240 g/mol. The van der Waals surface area contributed by atoms with E-state index in [9.17, 15) is 4.79 Å². The molecule has 1 aromatic rings. The molecular weight excluding hydrogens is 224 g/mol. The molecule has 0 aliphatic heterocycles. The van der Waals surface area contributed by atoms with E-state index >= 15 is 0 Å². The summed E-state index contributed by atoms with van der Waals surface area (Å²) in [6, 6.07) is 5.68. The second-order valence-corrected chi connectivity index (χ2v) is 4.38. The highest BCUT2D eigenvalue weighted by molar-refractivity contribution is 7.99. The Balaban J connectivity index is 2.25. The number of nitrogens with one attached hydrogen (secondary N) is 1. The van der Waals surface area contributed by atoms with Crippen LogP contribution >= 0.6 is 11.8 Å². The van der Waals surface area contributed by atoms with E-state index in [1.807, 2.05) is 25.1 Å². The predicted octanol–water partition coefficient (Wildman–Crippen LogP) is 1.32. The fourth-order valence-corrected chi connectivity index (χ4v) is 1.85. The van der Waals surface area contributed by atoms with Crippen LogP contribution in [-0.2, 0) is 9.53 Å². The first-order valence-electron chi connectivity index (χ1n) is 5.04. The van der Waals surface area contributed by atoms with Gasteiger partial charge in [0.05, 0.1) is 17.4 Å². The summed E-state index contributed by atoms with van der Waals surface area (Å²) in [4.78, 5) is 15.6. The number of carbonyl (C=O) groups excluding carboxylic acids is 1. The molecule has 0 aliphatic rings. The van der Waals surface area contributed by atoms with Gasteiger partial charge < -0.3 is 10.1 Å². The number of methoxy groups -OCH3 is 1. The highest BCUT2D eigenvalue weighted by Gasteiger charge is 2.07. The molecule has 1 aromatic heterocycles. The van der Waals surface area contributed by atoms with Crippen molar-refractivity contribution >= 4 is 17.7 Å². The maximum atomic E-state index is 11.5. The lowest BCUT2D eigenvalue weighted by atomic mass is 10.3. The zero-order chi connectivity index (χ0) is 11.8. The van der Waals surface area contributed by atoms with Gasteiger partial charge in [-0.2, -0.15) is 0 Å². The number of aromatic nitrogens is 1. The number of amides is 1. The molecule has 16 heavy (non-hydrogen) atoms. The van der Waals surface area contributed by atoms with Crippen LogP contribution in [0, 0.1) is 0 Å². The Bertz CT molecular complexity index is 319. The summed E-state index contributed by atoms with van der Waals surface area (Å²) < 4.78 is 4.93. The van der Waals surface area contributed by atoms with Gasteiger partial charge in [0.15, 0.2) is 0 Å². The minimum atomic E-state index is 0.000188. The molecule has 0 fully saturated rings. The van der Waals surface area contributed by atoms with Crippen LogP contribution in [0.25, 0.3) is 0 Å². The summed E-state index contributed by atoms with van der Waals surface area (Å²) in [5.74, 6) is 0.380. The van der Waals surface area contributed by atoms with Crippen molar-refractivity contribution in [2.45, 2.75) is 18.0 Å². The molecule has 0 spiro atoms. The van der Waals surface area contributed by atoms with E-state index < -0.39 is 0 Å². The number of pyridine rings is 1. The molecule has 88 valence electrons. The van der Waals surface area contributed by atoms with Crippen molar-refractivity contribution in [1.29, 1.82) is 0 Å². The van der Waals surface area contributed by atoms with E-state index in [4.69, 9.17) is 4.74 Å². The van der Waals surface area contributed by atoms with E-state index in [1.54, 1.807) is 13.3 Å². The Kier molecular flexibility index (Phi) is 5.88. The van der Waals surface area contributed by atoms with Gasteiger partial charge >= 0.3 is 0 Å². The average Bonchev–Trinajstić information content (AvgIpc) is 2.28. The third-order valence-electron chi connectivity index (χ3n) is 1.81. The van der Waals surface area contributed by atoms with Crippen molar-refractivity contribution in [2.75, 3.05) is 19.5 Å². The topological polar surface area (TPSA) is 51.2 Å². The van der Waals surface area contributed by atoms with Crippen molar-refractivity contribution in [3.8, 4) is 0 Å². The van der Waals surface area contributed by atoms with Crippen LogP contribution in [0.1, 0.15) is 6.92 Å². The SMILES string of the molecule is COC[C@H](C)NC(=O)CSc1ccccn1. The second-order valence-electron chi connectivity index (χ2n) is 3.38. The Morgan fingerprint density at radius 3 is 3.06 bits per heavy atom. The molecule has 1 rings (SSSR count). The van der Waals surface area contributed by atoms with Crippen LogP contribution in [0.15, 0.2) is 29.4 Å². The smallest absolute Gasteiger partial charge is 0.230 e. The number of carbonyl (C=O) groups is 1. The fraction of sp³-hybridized carbons (Fsp3) is 0.455. The third-order valence-corrected chi connectivity index (χ3v) is 2.76. The van der Waals surface area contributed by atoms with Gasteiger partial charge in [-0.1, -0.05) is 17.8 Å². The van der Waals surface area contributed by atoms with Crippen LogP contribution in [-0.4, -0.2) is 36.4 Å². The monoisotopic (exact) mass is 240 g/mol. The molecule has 0 saturated carbocycles. The number of thioether (sulfide) groups is 1. The Morgan fingerprint density at radius 1 is 1.62 bits per heavy atom. The van der Waals surface area contributed by atoms with Gasteiger partial charge in [0, 0.05) is 19.3 Å². The lowest BCUT2D eigenvalue weighted by Gasteiger charge is -2.12. The first kappa shape index (κ1) is 13.0. The minimum absolute atomic E-state index is 0.000188. The van der Waals surface area contributed by atoms with E-state index in [1.165, 1.54) is 11.8 Å². The Labute approximate surface area is 99.8 Å². The van der Waals surface area contributed by atoms with Gasteiger partial charge in [0.2, 0.25) is 5.91 Å². The zero-order valence-corrected chi connectivity index (χ0v) is 10.3. The number of rotatable bonds is 6. The van der Waals surface area contributed by atoms with Gasteiger partial charge in [-0.3, -0.25) is 4.79 Å². The molecule has 1 N–H and O–H groups in total. The summed E-state index contributed by atoms with van der Waals surface area (Å²) in [6.07, 6.45) is 1.72. The molecule has 0 aromatic carbocycles. The van der Waals surface area contributed by atoms with E-state index in [2.05, 4.69) is 10.3 Å². The molecule has 5 heteroatoms. The molecule has 0 aliphatic carbocycles. The van der Waals surface area contributed by atoms with E-state index in [0.29, 0.717) is 12.4 Å². The van der Waals surface area contributed by atoms with Crippen molar-refractivity contribution < 1.29 is 9.53 Å². The second kappa shape index (κ2) is 7.24. The Hall–Kier alpha value is -1.07. The number of hydrogen-bond acceptors (Lipinski definition) is 4. The molecular formula is C11H16N2O2S. The fourth-order valence-electron chi connectivity index (χ4n) is 1.18. The highest BCUT2D eigenvalue weighted by atomic mass is 32.2. The maximum Gasteiger partial charge on any atom is 0.230 e. The minimum Gasteiger partial charge on any atom is -0.383 e. The van der Waals surface area contributed by atoms with E-state index in [-0.39, 0.29) is 11.9 Å². The molecule has 1 heterocycles. The zero-order valence-electron chi connectivity index (χ0n) is 9.47. The van der Waals surface area contributed by atoms with Gasteiger partial charge in [0.1, 0.15) is 0 Å².